The molecular weight excluding hydrogens is 236 g/mol. The van der Waals surface area contributed by atoms with E-state index in [1.165, 1.54) is 51.4 Å². The molecule has 3 unspecified atom stereocenters. The highest BCUT2D eigenvalue weighted by molar-refractivity contribution is 5.86. The van der Waals surface area contributed by atoms with Crippen molar-refractivity contribution < 1.29 is 9.53 Å². The van der Waals surface area contributed by atoms with Crippen molar-refractivity contribution in [2.75, 3.05) is 6.61 Å². The van der Waals surface area contributed by atoms with E-state index in [-0.39, 0.29) is 5.97 Å². The average Bonchev–Trinajstić information content (AvgIpc) is 2.43. The third-order valence-electron chi connectivity index (χ3n) is 5.02. The van der Waals surface area contributed by atoms with Gasteiger partial charge in [0.2, 0.25) is 0 Å². The molecule has 0 aliphatic heterocycles. The lowest BCUT2D eigenvalue weighted by Crippen LogP contribution is -2.31. The van der Waals surface area contributed by atoms with E-state index in [0.29, 0.717) is 12.2 Å². The predicted octanol–water partition coefficient (Wildman–Crippen LogP) is 4.49. The second-order valence-electron chi connectivity index (χ2n) is 6.46. The summed E-state index contributed by atoms with van der Waals surface area (Å²) in [4.78, 5) is 11.3. The molecule has 2 heteroatoms. The topological polar surface area (TPSA) is 26.3 Å². The van der Waals surface area contributed by atoms with Crippen LogP contribution in [0.3, 0.4) is 0 Å². The van der Waals surface area contributed by atoms with Crippen molar-refractivity contribution in [1.82, 2.24) is 0 Å². The van der Waals surface area contributed by atoms with Crippen molar-refractivity contribution in [2.24, 2.45) is 17.8 Å². The molecular formula is C17H28O2. The van der Waals surface area contributed by atoms with Crippen LogP contribution in [0.4, 0.5) is 0 Å². The Morgan fingerprint density at radius 1 is 1.16 bits per heavy atom. The van der Waals surface area contributed by atoms with E-state index in [0.717, 1.165) is 24.2 Å². The number of esters is 1. The predicted molar refractivity (Wildman–Crippen MR) is 77.8 cm³/mol. The van der Waals surface area contributed by atoms with Gasteiger partial charge in [0.1, 0.15) is 0 Å². The molecule has 0 heterocycles. The van der Waals surface area contributed by atoms with Gasteiger partial charge in [0.05, 0.1) is 6.61 Å². The van der Waals surface area contributed by atoms with Gasteiger partial charge in [-0.2, -0.15) is 0 Å². The molecule has 2 rings (SSSR count). The number of ether oxygens (including phenoxy) is 1. The zero-order chi connectivity index (χ0) is 13.7. The van der Waals surface area contributed by atoms with E-state index in [1.54, 1.807) is 6.92 Å². The summed E-state index contributed by atoms with van der Waals surface area (Å²) in [6.45, 7) is 5.88. The molecule has 2 fully saturated rings. The van der Waals surface area contributed by atoms with Crippen LogP contribution in [0.5, 0.6) is 0 Å². The highest BCUT2D eigenvalue weighted by Gasteiger charge is 2.34. The zero-order valence-corrected chi connectivity index (χ0v) is 12.3. The fraction of sp³-hybridized carbons (Fsp3) is 0.824. The van der Waals surface area contributed by atoms with Gasteiger partial charge < -0.3 is 4.74 Å². The van der Waals surface area contributed by atoms with Crippen molar-refractivity contribution in [3.05, 3.63) is 12.2 Å². The summed E-state index contributed by atoms with van der Waals surface area (Å²) >= 11 is 0. The molecule has 2 aliphatic carbocycles. The molecule has 2 nitrogen and oxygen atoms in total. The molecule has 19 heavy (non-hydrogen) atoms. The summed E-state index contributed by atoms with van der Waals surface area (Å²) in [6.07, 6.45) is 12.3. The highest BCUT2D eigenvalue weighted by atomic mass is 16.5. The Hall–Kier alpha value is -0.790. The minimum Gasteiger partial charge on any atom is -0.462 e. The van der Waals surface area contributed by atoms with Gasteiger partial charge in [0, 0.05) is 5.57 Å². The number of hydrogen-bond donors (Lipinski definition) is 0. The van der Waals surface area contributed by atoms with Crippen LogP contribution in [0.2, 0.25) is 0 Å². The quantitative estimate of drug-likeness (QED) is 0.415. The van der Waals surface area contributed by atoms with Crippen LogP contribution in [0.1, 0.15) is 64.7 Å². The second kappa shape index (κ2) is 7.12. The summed E-state index contributed by atoms with van der Waals surface area (Å²) in [6, 6.07) is 0. The summed E-state index contributed by atoms with van der Waals surface area (Å²) in [7, 11) is 0. The molecule has 0 aromatic rings. The lowest BCUT2D eigenvalue weighted by Gasteiger charge is -2.41. The largest absolute Gasteiger partial charge is 0.462 e. The van der Waals surface area contributed by atoms with Gasteiger partial charge in [-0.3, -0.25) is 0 Å². The van der Waals surface area contributed by atoms with Crippen LogP contribution in [0.15, 0.2) is 12.2 Å². The van der Waals surface area contributed by atoms with Crippen molar-refractivity contribution in [3.8, 4) is 0 Å². The van der Waals surface area contributed by atoms with Crippen LogP contribution in [-0.4, -0.2) is 12.6 Å². The first-order valence-corrected chi connectivity index (χ1v) is 8.01. The maximum absolute atomic E-state index is 11.3. The Kier molecular flexibility index (Phi) is 5.47. The first-order valence-electron chi connectivity index (χ1n) is 8.01. The Morgan fingerprint density at radius 2 is 1.89 bits per heavy atom. The lowest BCUT2D eigenvalue weighted by atomic mass is 9.64. The Balaban J connectivity index is 1.69. The minimum atomic E-state index is -0.237. The molecule has 2 aliphatic rings. The monoisotopic (exact) mass is 264 g/mol. The molecule has 0 amide bonds. The molecule has 3 atom stereocenters. The number of rotatable bonds is 5. The van der Waals surface area contributed by atoms with Crippen LogP contribution < -0.4 is 0 Å². The second-order valence-corrected chi connectivity index (χ2v) is 6.46. The Bertz CT molecular complexity index is 319. The van der Waals surface area contributed by atoms with Crippen molar-refractivity contribution >= 4 is 5.97 Å². The number of hydrogen-bond acceptors (Lipinski definition) is 2. The van der Waals surface area contributed by atoms with E-state index in [2.05, 4.69) is 6.58 Å². The van der Waals surface area contributed by atoms with E-state index >= 15 is 0 Å². The number of carbonyl (C=O) groups excluding carboxylic acids is 1. The van der Waals surface area contributed by atoms with Gasteiger partial charge in [-0.05, 0) is 43.9 Å². The number of carbonyl (C=O) groups is 1. The van der Waals surface area contributed by atoms with E-state index < -0.39 is 0 Å². The molecule has 0 saturated heterocycles. The zero-order valence-electron chi connectivity index (χ0n) is 12.3. The van der Waals surface area contributed by atoms with Gasteiger partial charge in [-0.1, -0.05) is 45.1 Å². The van der Waals surface area contributed by atoms with Gasteiger partial charge >= 0.3 is 5.97 Å². The normalized spacial score (nSPS) is 30.5. The summed E-state index contributed by atoms with van der Waals surface area (Å²) in [5.74, 6) is 2.63. The smallest absolute Gasteiger partial charge is 0.333 e. The van der Waals surface area contributed by atoms with Crippen LogP contribution in [0.25, 0.3) is 0 Å². The maximum Gasteiger partial charge on any atom is 0.333 e. The molecule has 108 valence electrons. The fourth-order valence-corrected chi connectivity index (χ4v) is 4.06. The average molecular weight is 264 g/mol. The van der Waals surface area contributed by atoms with Gasteiger partial charge in [-0.25, -0.2) is 4.79 Å². The van der Waals surface area contributed by atoms with E-state index in [4.69, 9.17) is 4.74 Å². The third kappa shape index (κ3) is 4.09. The van der Waals surface area contributed by atoms with Gasteiger partial charge in [0.25, 0.3) is 0 Å². The molecule has 0 aromatic heterocycles. The first kappa shape index (κ1) is 14.6. The summed E-state index contributed by atoms with van der Waals surface area (Å²) in [5, 5.41) is 0. The molecule has 0 radical (unpaired) electrons. The van der Waals surface area contributed by atoms with Gasteiger partial charge in [0.15, 0.2) is 0 Å². The van der Waals surface area contributed by atoms with Crippen molar-refractivity contribution in [1.29, 1.82) is 0 Å². The highest BCUT2D eigenvalue weighted by Crippen LogP contribution is 2.45. The van der Waals surface area contributed by atoms with E-state index in [1.807, 2.05) is 0 Å². The standard InChI is InChI=1S/C17H28O2/c1-13(2)17(18)19-12-6-10-15-9-5-8-14-7-3-4-11-16(14)15/h14-16H,1,3-12H2,2H3. The third-order valence-corrected chi connectivity index (χ3v) is 5.02. The number of fused-ring (bicyclic) bond motifs is 1. The van der Waals surface area contributed by atoms with Crippen LogP contribution in [-0.2, 0) is 9.53 Å². The van der Waals surface area contributed by atoms with E-state index in [9.17, 15) is 4.79 Å². The fourth-order valence-electron chi connectivity index (χ4n) is 4.06. The van der Waals surface area contributed by atoms with Crippen LogP contribution in [0, 0.1) is 17.8 Å². The van der Waals surface area contributed by atoms with Gasteiger partial charge in [-0.15, -0.1) is 0 Å². The summed E-state index contributed by atoms with van der Waals surface area (Å²) in [5.41, 5.74) is 0.505. The minimum absolute atomic E-state index is 0.237. The molecule has 2 saturated carbocycles. The first-order chi connectivity index (χ1) is 9.18. The van der Waals surface area contributed by atoms with Crippen LogP contribution >= 0.6 is 0 Å². The van der Waals surface area contributed by atoms with Crippen molar-refractivity contribution in [2.45, 2.75) is 64.7 Å². The summed E-state index contributed by atoms with van der Waals surface area (Å²) < 4.78 is 5.19. The lowest BCUT2D eigenvalue weighted by molar-refractivity contribution is -0.139. The maximum atomic E-state index is 11.3. The molecule has 0 spiro atoms. The SMILES string of the molecule is C=C(C)C(=O)OCCCC1CCCC2CCCCC21. The molecule has 0 N–H and O–H groups in total. The van der Waals surface area contributed by atoms with Crippen molar-refractivity contribution in [3.63, 3.8) is 0 Å². The molecule has 0 bridgehead atoms. The Labute approximate surface area is 117 Å². The molecule has 0 aromatic carbocycles. The Morgan fingerprint density at radius 3 is 2.68 bits per heavy atom.